The molecule has 0 N–H and O–H groups in total. The van der Waals surface area contributed by atoms with Crippen LogP contribution in [0.15, 0.2) is 30.7 Å². The third kappa shape index (κ3) is 3.31. The van der Waals surface area contributed by atoms with Crippen LogP contribution in [0.2, 0.25) is 0 Å². The fraction of sp³-hybridized carbons (Fsp3) is 0.375. The number of aromatic nitrogens is 2. The lowest BCUT2D eigenvalue weighted by Crippen LogP contribution is -2.10. The van der Waals surface area contributed by atoms with Crippen molar-refractivity contribution in [2.45, 2.75) is 34.1 Å². The van der Waals surface area contributed by atoms with E-state index in [0.717, 1.165) is 22.5 Å². The topological polar surface area (TPSA) is 34.9 Å². The number of rotatable bonds is 4. The van der Waals surface area contributed by atoms with Crippen LogP contribution in [0.4, 0.5) is 0 Å². The van der Waals surface area contributed by atoms with Crippen molar-refractivity contribution in [1.82, 2.24) is 9.55 Å². The van der Waals surface area contributed by atoms with Gasteiger partial charge in [-0.05, 0) is 37.1 Å². The SMILES string of the molecule is Cc1cc(CC(=O)C(C)C)cc(-n2cnc(C)c2)c1. The van der Waals surface area contributed by atoms with Gasteiger partial charge in [0, 0.05) is 24.2 Å². The summed E-state index contributed by atoms with van der Waals surface area (Å²) in [5, 5.41) is 0. The third-order valence-electron chi connectivity index (χ3n) is 3.15. The number of imidazole rings is 1. The van der Waals surface area contributed by atoms with Crippen LogP contribution in [-0.4, -0.2) is 15.3 Å². The van der Waals surface area contributed by atoms with E-state index in [-0.39, 0.29) is 11.7 Å². The lowest BCUT2D eigenvalue weighted by molar-refractivity contribution is -0.121. The Hall–Kier alpha value is -1.90. The second-order valence-electron chi connectivity index (χ2n) is 5.40. The van der Waals surface area contributed by atoms with Crippen molar-refractivity contribution in [3.05, 3.63) is 47.5 Å². The molecule has 0 aliphatic rings. The summed E-state index contributed by atoms with van der Waals surface area (Å²) in [6.07, 6.45) is 4.29. The molecule has 0 saturated carbocycles. The maximum atomic E-state index is 11.9. The Morgan fingerprint density at radius 2 is 2.00 bits per heavy atom. The van der Waals surface area contributed by atoms with Gasteiger partial charge in [0.05, 0.1) is 12.0 Å². The van der Waals surface area contributed by atoms with Crippen LogP contribution >= 0.6 is 0 Å². The van der Waals surface area contributed by atoms with Gasteiger partial charge in [-0.2, -0.15) is 0 Å². The Balaban J connectivity index is 2.32. The van der Waals surface area contributed by atoms with Gasteiger partial charge in [-0.15, -0.1) is 0 Å². The highest BCUT2D eigenvalue weighted by molar-refractivity contribution is 5.82. The number of hydrogen-bond donors (Lipinski definition) is 0. The summed E-state index contributed by atoms with van der Waals surface area (Å²) >= 11 is 0. The molecule has 0 unspecified atom stereocenters. The lowest BCUT2D eigenvalue weighted by atomic mass is 9.99. The van der Waals surface area contributed by atoms with Gasteiger partial charge in [-0.3, -0.25) is 4.79 Å². The first kappa shape index (κ1) is 13.5. The van der Waals surface area contributed by atoms with Gasteiger partial charge < -0.3 is 4.57 Å². The molecule has 0 fully saturated rings. The molecule has 1 aromatic heterocycles. The first-order valence-corrected chi connectivity index (χ1v) is 6.60. The highest BCUT2D eigenvalue weighted by atomic mass is 16.1. The third-order valence-corrected chi connectivity index (χ3v) is 3.15. The van der Waals surface area contributed by atoms with E-state index in [0.29, 0.717) is 6.42 Å². The molecule has 19 heavy (non-hydrogen) atoms. The van der Waals surface area contributed by atoms with Crippen LogP contribution in [0.1, 0.15) is 30.7 Å². The predicted octanol–water partition coefficient (Wildman–Crippen LogP) is 3.26. The summed E-state index contributed by atoms with van der Waals surface area (Å²) in [6, 6.07) is 6.24. The average Bonchev–Trinajstić information content (AvgIpc) is 2.75. The minimum Gasteiger partial charge on any atom is -0.306 e. The Morgan fingerprint density at radius 3 is 2.58 bits per heavy atom. The molecule has 0 amide bonds. The van der Waals surface area contributed by atoms with Crippen molar-refractivity contribution in [3.8, 4) is 5.69 Å². The number of benzene rings is 1. The minimum absolute atomic E-state index is 0.0828. The number of carbonyl (C=O) groups is 1. The molecule has 0 aliphatic heterocycles. The maximum absolute atomic E-state index is 11.9. The van der Waals surface area contributed by atoms with Gasteiger partial charge in [0.15, 0.2) is 0 Å². The summed E-state index contributed by atoms with van der Waals surface area (Å²) < 4.78 is 1.99. The molecule has 100 valence electrons. The number of hydrogen-bond acceptors (Lipinski definition) is 2. The van der Waals surface area contributed by atoms with E-state index < -0.39 is 0 Å². The van der Waals surface area contributed by atoms with E-state index in [1.54, 1.807) is 6.33 Å². The maximum Gasteiger partial charge on any atom is 0.139 e. The van der Waals surface area contributed by atoms with Crippen LogP contribution in [0, 0.1) is 19.8 Å². The second-order valence-corrected chi connectivity index (χ2v) is 5.40. The molecule has 2 aromatic rings. The van der Waals surface area contributed by atoms with Crippen molar-refractivity contribution in [1.29, 1.82) is 0 Å². The zero-order valence-electron chi connectivity index (χ0n) is 12.0. The molecule has 1 heterocycles. The molecule has 3 nitrogen and oxygen atoms in total. The van der Waals surface area contributed by atoms with E-state index in [2.05, 4.69) is 30.1 Å². The number of nitrogens with zero attached hydrogens (tertiary/aromatic N) is 2. The Kier molecular flexibility index (Phi) is 3.84. The average molecular weight is 256 g/mol. The first-order valence-electron chi connectivity index (χ1n) is 6.60. The fourth-order valence-electron chi connectivity index (χ4n) is 2.06. The monoisotopic (exact) mass is 256 g/mol. The Labute approximate surface area is 114 Å². The number of Topliss-reactive ketones (excluding diaryl/α,β-unsaturated/α-hetero) is 1. The van der Waals surface area contributed by atoms with E-state index >= 15 is 0 Å². The number of carbonyl (C=O) groups excluding carboxylic acids is 1. The van der Waals surface area contributed by atoms with Crippen molar-refractivity contribution in [2.75, 3.05) is 0 Å². The minimum atomic E-state index is 0.0828. The fourth-order valence-corrected chi connectivity index (χ4v) is 2.06. The van der Waals surface area contributed by atoms with Crippen molar-refractivity contribution >= 4 is 5.78 Å². The molecule has 0 saturated heterocycles. The molecule has 1 aromatic carbocycles. The molecule has 2 rings (SSSR count). The normalized spacial score (nSPS) is 11.0. The summed E-state index contributed by atoms with van der Waals surface area (Å²) in [5.74, 6) is 0.359. The van der Waals surface area contributed by atoms with Crippen molar-refractivity contribution in [3.63, 3.8) is 0 Å². The van der Waals surface area contributed by atoms with Crippen LogP contribution < -0.4 is 0 Å². The summed E-state index contributed by atoms with van der Waals surface area (Å²) in [4.78, 5) is 16.1. The number of ketones is 1. The highest BCUT2D eigenvalue weighted by Gasteiger charge is 2.10. The summed E-state index contributed by atoms with van der Waals surface area (Å²) in [7, 11) is 0. The predicted molar refractivity (Wildman–Crippen MR) is 76.6 cm³/mol. The standard InChI is InChI=1S/C16H20N2O/c1-11(2)16(19)8-14-5-12(3)6-15(7-14)18-9-13(4)17-10-18/h5-7,9-11H,8H2,1-4H3. The van der Waals surface area contributed by atoms with Gasteiger partial charge in [-0.1, -0.05) is 19.9 Å². The van der Waals surface area contributed by atoms with Crippen molar-refractivity contribution < 1.29 is 4.79 Å². The quantitative estimate of drug-likeness (QED) is 0.841. The van der Waals surface area contributed by atoms with Gasteiger partial charge in [0.25, 0.3) is 0 Å². The van der Waals surface area contributed by atoms with Gasteiger partial charge >= 0.3 is 0 Å². The second kappa shape index (κ2) is 5.39. The molecule has 3 heteroatoms. The largest absolute Gasteiger partial charge is 0.306 e. The summed E-state index contributed by atoms with van der Waals surface area (Å²) in [5.41, 5.74) is 4.28. The van der Waals surface area contributed by atoms with E-state index in [1.165, 1.54) is 0 Å². The molecule has 0 spiro atoms. The van der Waals surface area contributed by atoms with E-state index in [9.17, 15) is 4.79 Å². The van der Waals surface area contributed by atoms with Crippen LogP contribution in [-0.2, 0) is 11.2 Å². The van der Waals surface area contributed by atoms with Crippen LogP contribution in [0.25, 0.3) is 5.69 Å². The molecular weight excluding hydrogens is 236 g/mol. The molecule has 0 aliphatic carbocycles. The lowest BCUT2D eigenvalue weighted by Gasteiger charge is -2.09. The van der Waals surface area contributed by atoms with Crippen LogP contribution in [0.3, 0.4) is 0 Å². The Morgan fingerprint density at radius 1 is 1.26 bits per heavy atom. The first-order chi connectivity index (χ1) is 8.95. The smallest absolute Gasteiger partial charge is 0.139 e. The zero-order valence-corrected chi connectivity index (χ0v) is 12.0. The van der Waals surface area contributed by atoms with Crippen LogP contribution in [0.5, 0.6) is 0 Å². The molecular formula is C16H20N2O. The summed E-state index contributed by atoms with van der Waals surface area (Å²) in [6.45, 7) is 7.91. The Bertz CT molecular complexity index is 597. The van der Waals surface area contributed by atoms with E-state index in [4.69, 9.17) is 0 Å². The van der Waals surface area contributed by atoms with Gasteiger partial charge in [-0.25, -0.2) is 4.98 Å². The van der Waals surface area contributed by atoms with Gasteiger partial charge in [0.2, 0.25) is 0 Å². The zero-order chi connectivity index (χ0) is 14.0. The van der Waals surface area contributed by atoms with E-state index in [1.807, 2.05) is 31.5 Å². The molecule has 0 radical (unpaired) electrons. The molecule has 0 atom stereocenters. The molecule has 0 bridgehead atoms. The van der Waals surface area contributed by atoms with Gasteiger partial charge in [0.1, 0.15) is 5.78 Å². The van der Waals surface area contributed by atoms with Crippen molar-refractivity contribution in [2.24, 2.45) is 5.92 Å². The number of aryl methyl sites for hydroxylation is 2. The highest BCUT2D eigenvalue weighted by Crippen LogP contribution is 2.16.